The number of rotatable bonds is 5. The highest BCUT2D eigenvalue weighted by Gasteiger charge is 2.26. The molecule has 0 atom stereocenters. The molecule has 0 spiro atoms. The number of halogens is 3. The predicted molar refractivity (Wildman–Crippen MR) is 79.5 cm³/mol. The molecule has 1 aromatic heterocycles. The lowest BCUT2D eigenvalue weighted by molar-refractivity contribution is -0.135. The summed E-state index contributed by atoms with van der Waals surface area (Å²) in [4.78, 5) is 24.2. The SMILES string of the molecule is CCOC(=O)c1cn(CCCC(F)(F)F)c2ccccc2c1=O. The van der Waals surface area contributed by atoms with Crippen LogP contribution >= 0.6 is 0 Å². The molecule has 0 fully saturated rings. The summed E-state index contributed by atoms with van der Waals surface area (Å²) in [5.41, 5.74) is -0.156. The van der Waals surface area contributed by atoms with Gasteiger partial charge in [-0.2, -0.15) is 13.2 Å². The van der Waals surface area contributed by atoms with Gasteiger partial charge in [-0.05, 0) is 25.5 Å². The number of fused-ring (bicyclic) bond motifs is 1. The maximum atomic E-state index is 12.3. The number of hydrogen-bond acceptors (Lipinski definition) is 3. The normalized spacial score (nSPS) is 11.7. The molecule has 0 aliphatic carbocycles. The van der Waals surface area contributed by atoms with Gasteiger partial charge in [-0.25, -0.2) is 4.79 Å². The second kappa shape index (κ2) is 6.85. The van der Waals surface area contributed by atoms with Crippen molar-refractivity contribution in [2.75, 3.05) is 6.61 Å². The summed E-state index contributed by atoms with van der Waals surface area (Å²) in [6.07, 6.45) is -4.03. The van der Waals surface area contributed by atoms with Crippen LogP contribution in [-0.4, -0.2) is 23.3 Å². The van der Waals surface area contributed by atoms with Crippen LogP contribution in [0.2, 0.25) is 0 Å². The maximum absolute atomic E-state index is 12.3. The van der Waals surface area contributed by atoms with E-state index < -0.39 is 24.0 Å². The Hall–Kier alpha value is -2.31. The Morgan fingerprint density at radius 2 is 1.96 bits per heavy atom. The van der Waals surface area contributed by atoms with E-state index in [4.69, 9.17) is 4.74 Å². The van der Waals surface area contributed by atoms with Gasteiger partial charge in [0.1, 0.15) is 5.56 Å². The molecule has 7 heteroatoms. The van der Waals surface area contributed by atoms with Crippen LogP contribution in [-0.2, 0) is 11.3 Å². The van der Waals surface area contributed by atoms with E-state index in [0.29, 0.717) is 5.52 Å². The Kier molecular flexibility index (Phi) is 5.08. The first-order valence-electron chi connectivity index (χ1n) is 7.19. The highest BCUT2D eigenvalue weighted by atomic mass is 19.4. The summed E-state index contributed by atoms with van der Waals surface area (Å²) in [5.74, 6) is -0.771. The molecular weight excluding hydrogens is 311 g/mol. The summed E-state index contributed by atoms with van der Waals surface area (Å²) in [6.45, 7) is 1.77. The van der Waals surface area contributed by atoms with E-state index in [1.54, 1.807) is 31.2 Å². The number of esters is 1. The number of carbonyl (C=O) groups excluding carboxylic acids is 1. The van der Waals surface area contributed by atoms with Gasteiger partial charge in [0.05, 0.1) is 12.1 Å². The van der Waals surface area contributed by atoms with Gasteiger partial charge in [0, 0.05) is 24.5 Å². The van der Waals surface area contributed by atoms with E-state index in [-0.39, 0.29) is 30.5 Å². The minimum absolute atomic E-state index is 0.0483. The monoisotopic (exact) mass is 327 g/mol. The van der Waals surface area contributed by atoms with E-state index in [1.165, 1.54) is 10.8 Å². The van der Waals surface area contributed by atoms with Gasteiger partial charge in [0.2, 0.25) is 5.43 Å². The standard InChI is InChI=1S/C16H16F3NO3/c1-2-23-15(22)12-10-20(9-5-8-16(17,18)19)13-7-4-3-6-11(13)14(12)21/h3-4,6-7,10H,2,5,8-9H2,1H3. The van der Waals surface area contributed by atoms with Gasteiger partial charge in [-0.1, -0.05) is 12.1 Å². The maximum Gasteiger partial charge on any atom is 0.389 e. The zero-order valence-corrected chi connectivity index (χ0v) is 12.5. The van der Waals surface area contributed by atoms with Gasteiger partial charge < -0.3 is 9.30 Å². The van der Waals surface area contributed by atoms with Crippen molar-refractivity contribution in [3.8, 4) is 0 Å². The zero-order chi connectivity index (χ0) is 17.0. The number of aryl methyl sites for hydroxylation is 1. The molecule has 23 heavy (non-hydrogen) atoms. The number of hydrogen-bond donors (Lipinski definition) is 0. The number of aromatic nitrogens is 1. The molecule has 0 aliphatic heterocycles. The van der Waals surface area contributed by atoms with Gasteiger partial charge >= 0.3 is 12.1 Å². The topological polar surface area (TPSA) is 48.3 Å². The van der Waals surface area contributed by atoms with Crippen LogP contribution in [0.3, 0.4) is 0 Å². The molecule has 1 heterocycles. The molecule has 0 unspecified atom stereocenters. The number of nitrogens with zero attached hydrogens (tertiary/aromatic N) is 1. The molecule has 0 aliphatic rings. The van der Waals surface area contributed by atoms with Gasteiger partial charge in [-0.3, -0.25) is 4.79 Å². The largest absolute Gasteiger partial charge is 0.462 e. The molecule has 0 amide bonds. The van der Waals surface area contributed by atoms with Crippen LogP contribution < -0.4 is 5.43 Å². The van der Waals surface area contributed by atoms with Crippen molar-refractivity contribution in [1.29, 1.82) is 0 Å². The Balaban J connectivity index is 2.44. The number of para-hydroxylation sites is 1. The van der Waals surface area contributed by atoms with E-state index in [2.05, 4.69) is 0 Å². The first-order chi connectivity index (χ1) is 10.8. The van der Waals surface area contributed by atoms with Crippen LogP contribution in [0.25, 0.3) is 10.9 Å². The first-order valence-corrected chi connectivity index (χ1v) is 7.19. The minimum atomic E-state index is -4.24. The molecule has 0 saturated heterocycles. The fraction of sp³-hybridized carbons (Fsp3) is 0.375. The highest BCUT2D eigenvalue weighted by Crippen LogP contribution is 2.22. The molecule has 0 saturated carbocycles. The molecule has 1 aromatic carbocycles. The van der Waals surface area contributed by atoms with Crippen molar-refractivity contribution in [3.63, 3.8) is 0 Å². The number of carbonyl (C=O) groups is 1. The second-order valence-corrected chi connectivity index (χ2v) is 5.02. The molecule has 124 valence electrons. The smallest absolute Gasteiger partial charge is 0.389 e. The van der Waals surface area contributed by atoms with Crippen LogP contribution in [0.1, 0.15) is 30.1 Å². The van der Waals surface area contributed by atoms with Gasteiger partial charge in [-0.15, -0.1) is 0 Å². The lowest BCUT2D eigenvalue weighted by Crippen LogP contribution is -2.21. The minimum Gasteiger partial charge on any atom is -0.462 e. The average Bonchev–Trinajstić information content (AvgIpc) is 2.48. The molecule has 0 bridgehead atoms. The predicted octanol–water partition coefficient (Wildman–Crippen LogP) is 3.52. The summed E-state index contributed by atoms with van der Waals surface area (Å²) < 4.78 is 43.3. The molecule has 2 aromatic rings. The van der Waals surface area contributed by atoms with E-state index in [9.17, 15) is 22.8 Å². The van der Waals surface area contributed by atoms with Crippen molar-refractivity contribution >= 4 is 16.9 Å². The summed E-state index contributed by atoms with van der Waals surface area (Å²) in [6, 6.07) is 6.50. The lowest BCUT2D eigenvalue weighted by Gasteiger charge is -2.13. The molecule has 0 N–H and O–H groups in total. The van der Waals surface area contributed by atoms with Crippen LogP contribution in [0.4, 0.5) is 13.2 Å². The lowest BCUT2D eigenvalue weighted by atomic mass is 10.1. The Morgan fingerprint density at radius 1 is 1.26 bits per heavy atom. The van der Waals surface area contributed by atoms with Crippen molar-refractivity contribution < 1.29 is 22.7 Å². The van der Waals surface area contributed by atoms with E-state index >= 15 is 0 Å². The number of ether oxygens (including phenoxy) is 1. The first kappa shape index (κ1) is 17.1. The summed E-state index contributed by atoms with van der Waals surface area (Å²) in [7, 11) is 0. The van der Waals surface area contributed by atoms with Gasteiger partial charge in [0.15, 0.2) is 0 Å². The Bertz CT molecular complexity index is 765. The Labute approximate surface area is 130 Å². The summed E-state index contributed by atoms with van der Waals surface area (Å²) >= 11 is 0. The third-order valence-corrected chi connectivity index (χ3v) is 3.34. The van der Waals surface area contributed by atoms with E-state index in [0.717, 1.165) is 0 Å². The third-order valence-electron chi connectivity index (χ3n) is 3.34. The number of alkyl halides is 3. The molecule has 4 nitrogen and oxygen atoms in total. The fourth-order valence-electron chi connectivity index (χ4n) is 2.33. The third kappa shape index (κ3) is 4.12. The van der Waals surface area contributed by atoms with Crippen molar-refractivity contribution in [3.05, 3.63) is 46.2 Å². The summed E-state index contributed by atoms with van der Waals surface area (Å²) in [5, 5.41) is 0.282. The van der Waals surface area contributed by atoms with E-state index in [1.807, 2.05) is 0 Å². The van der Waals surface area contributed by atoms with Crippen LogP contribution in [0.15, 0.2) is 35.3 Å². The highest BCUT2D eigenvalue weighted by molar-refractivity contribution is 5.93. The Morgan fingerprint density at radius 3 is 2.61 bits per heavy atom. The van der Waals surface area contributed by atoms with Crippen molar-refractivity contribution in [1.82, 2.24) is 4.57 Å². The van der Waals surface area contributed by atoms with Gasteiger partial charge in [0.25, 0.3) is 0 Å². The van der Waals surface area contributed by atoms with Crippen molar-refractivity contribution in [2.24, 2.45) is 0 Å². The fourth-order valence-corrected chi connectivity index (χ4v) is 2.33. The zero-order valence-electron chi connectivity index (χ0n) is 12.5. The quantitative estimate of drug-likeness (QED) is 0.790. The average molecular weight is 327 g/mol. The van der Waals surface area contributed by atoms with Crippen LogP contribution in [0, 0.1) is 0 Å². The second-order valence-electron chi connectivity index (χ2n) is 5.02. The molecule has 2 rings (SSSR count). The molecular formula is C16H16F3NO3. The number of pyridine rings is 1. The number of benzene rings is 1. The van der Waals surface area contributed by atoms with Crippen molar-refractivity contribution in [2.45, 2.75) is 32.5 Å². The molecule has 0 radical (unpaired) electrons. The van der Waals surface area contributed by atoms with Crippen LogP contribution in [0.5, 0.6) is 0 Å².